The number of carbonyl (C=O) groups is 2. The van der Waals surface area contributed by atoms with E-state index in [1.165, 1.54) is 17.7 Å². The highest BCUT2D eigenvalue weighted by atomic mass is 16.5. The van der Waals surface area contributed by atoms with Gasteiger partial charge in [-0.15, -0.1) is 0 Å². The fourth-order valence-corrected chi connectivity index (χ4v) is 7.42. The molecule has 9 nitrogen and oxygen atoms in total. The first-order valence-corrected chi connectivity index (χ1v) is 16.3. The summed E-state index contributed by atoms with van der Waals surface area (Å²) in [7, 11) is -2.86. The van der Waals surface area contributed by atoms with Crippen LogP contribution >= 0.6 is 0 Å². The summed E-state index contributed by atoms with van der Waals surface area (Å²) < 4.78 is 12.4. The second-order valence-corrected chi connectivity index (χ2v) is 12.6. The van der Waals surface area contributed by atoms with Gasteiger partial charge in [-0.05, 0) is 96.5 Å². The molecule has 3 aromatic rings. The minimum atomic E-state index is -1.74. The van der Waals surface area contributed by atoms with E-state index in [1.807, 2.05) is 42.5 Å². The maximum atomic E-state index is 14.1. The summed E-state index contributed by atoms with van der Waals surface area (Å²) in [6.45, 7) is 2.32. The molecule has 2 heterocycles. The standard InChI is InChI=1S/C36H39B2NO8/c1-2-8-23(17-24-9-6-12-28(40)18-24)15-16-32-33-25(22-46-29-13-4-3-5-14-29)19-30-34(31(33)21-37(43)47-32)36(42)39(35(30)41)27-11-7-10-26(20-27)38(44)45/h3-7,9-14,17-18,20,30-32,34,40,43-45H,2,8,15-16,19,21-22H2,1H3/b23-17+/t30-,31+,32-,34-/m1/s1. The lowest BCUT2D eigenvalue weighted by Gasteiger charge is -2.43. The topological polar surface area (TPSA) is 137 Å². The van der Waals surface area contributed by atoms with Gasteiger partial charge in [0.2, 0.25) is 11.8 Å². The number of benzene rings is 3. The molecule has 0 bridgehead atoms. The Morgan fingerprint density at radius 2 is 1.79 bits per heavy atom. The van der Waals surface area contributed by atoms with Gasteiger partial charge < -0.3 is 29.6 Å². The summed E-state index contributed by atoms with van der Waals surface area (Å²) in [5.41, 5.74) is 4.36. The van der Waals surface area contributed by atoms with Crippen molar-refractivity contribution in [2.75, 3.05) is 11.5 Å². The zero-order chi connectivity index (χ0) is 33.1. The number of hydrogen-bond acceptors (Lipinski definition) is 8. The highest BCUT2D eigenvalue weighted by Crippen LogP contribution is 2.51. The van der Waals surface area contributed by atoms with Gasteiger partial charge >= 0.3 is 14.2 Å². The lowest BCUT2D eigenvalue weighted by Crippen LogP contribution is -2.46. The molecule has 11 heteroatoms. The summed E-state index contributed by atoms with van der Waals surface area (Å²) in [5.74, 6) is -1.61. The van der Waals surface area contributed by atoms with Gasteiger partial charge in [0.25, 0.3) is 0 Å². The molecule has 0 saturated carbocycles. The van der Waals surface area contributed by atoms with Crippen LogP contribution in [0.1, 0.15) is 44.6 Å². The number of nitrogens with zero attached hydrogens (tertiary/aromatic N) is 1. The number of amides is 2. The molecular weight excluding hydrogens is 596 g/mol. The van der Waals surface area contributed by atoms with E-state index >= 15 is 0 Å². The Balaban J connectivity index is 1.34. The van der Waals surface area contributed by atoms with Crippen LogP contribution in [-0.4, -0.2) is 58.9 Å². The second-order valence-electron chi connectivity index (χ2n) is 12.6. The average Bonchev–Trinajstić information content (AvgIpc) is 3.31. The summed E-state index contributed by atoms with van der Waals surface area (Å²) in [6, 6.07) is 22.7. The zero-order valence-electron chi connectivity index (χ0n) is 26.4. The Kier molecular flexibility index (Phi) is 9.98. The minimum Gasteiger partial charge on any atom is -0.508 e. The van der Waals surface area contributed by atoms with Crippen molar-refractivity contribution in [3.05, 3.63) is 101 Å². The van der Waals surface area contributed by atoms with E-state index in [4.69, 9.17) is 9.39 Å². The molecule has 6 rings (SSSR count). The molecule has 3 aliphatic rings. The van der Waals surface area contributed by atoms with E-state index in [2.05, 4.69) is 13.0 Å². The van der Waals surface area contributed by atoms with Crippen LogP contribution in [0.15, 0.2) is 95.6 Å². The number of hydrogen-bond donors (Lipinski definition) is 4. The zero-order valence-corrected chi connectivity index (χ0v) is 26.4. The second kappa shape index (κ2) is 14.3. The Morgan fingerprint density at radius 3 is 2.53 bits per heavy atom. The van der Waals surface area contributed by atoms with Gasteiger partial charge in [0, 0.05) is 0 Å². The maximum Gasteiger partial charge on any atom is 0.488 e. The van der Waals surface area contributed by atoms with Crippen molar-refractivity contribution in [1.29, 1.82) is 0 Å². The first kappa shape index (κ1) is 32.8. The highest BCUT2D eigenvalue weighted by Gasteiger charge is 2.57. The van der Waals surface area contributed by atoms with Crippen molar-refractivity contribution >= 4 is 43.3 Å². The third-order valence-electron chi connectivity index (χ3n) is 9.43. The van der Waals surface area contributed by atoms with E-state index in [1.54, 1.807) is 24.3 Å². The lowest BCUT2D eigenvalue weighted by atomic mass is 9.58. The summed E-state index contributed by atoms with van der Waals surface area (Å²) >= 11 is 0. The maximum absolute atomic E-state index is 14.1. The Bertz CT molecular complexity index is 1680. The van der Waals surface area contributed by atoms with Crippen molar-refractivity contribution in [1.82, 2.24) is 0 Å². The predicted octanol–water partition coefficient (Wildman–Crippen LogP) is 4.12. The van der Waals surface area contributed by atoms with Crippen molar-refractivity contribution in [2.45, 2.75) is 51.5 Å². The minimum absolute atomic E-state index is 0.172. The molecule has 242 valence electrons. The molecule has 2 aliphatic heterocycles. The molecule has 3 aromatic carbocycles. The number of imide groups is 1. The van der Waals surface area contributed by atoms with Crippen LogP contribution < -0.4 is 15.1 Å². The number of phenolic OH excluding ortho intramolecular Hbond substituents is 1. The first-order chi connectivity index (χ1) is 22.7. The van der Waals surface area contributed by atoms with E-state index in [0.29, 0.717) is 25.0 Å². The van der Waals surface area contributed by atoms with E-state index < -0.39 is 38.1 Å². The van der Waals surface area contributed by atoms with Crippen LogP contribution in [0.3, 0.4) is 0 Å². The molecule has 1 aliphatic carbocycles. The number of rotatable bonds is 11. The molecule has 0 spiro atoms. The van der Waals surface area contributed by atoms with Crippen LogP contribution in [0, 0.1) is 17.8 Å². The van der Waals surface area contributed by atoms with Crippen LogP contribution in [0.4, 0.5) is 5.69 Å². The number of allylic oxidation sites excluding steroid dienone is 1. The Labute approximate surface area is 275 Å². The Morgan fingerprint density at radius 1 is 1.00 bits per heavy atom. The highest BCUT2D eigenvalue weighted by molar-refractivity contribution is 6.58. The number of ether oxygens (including phenoxy) is 1. The third-order valence-corrected chi connectivity index (χ3v) is 9.43. The number of anilines is 1. The van der Waals surface area contributed by atoms with Gasteiger partial charge in [0.05, 0.1) is 23.6 Å². The SMILES string of the molecule is CCC/C(=C\c1cccc(O)c1)CC[C@H]1OB(O)C[C@H]2C1=C(COc1ccccc1)C[C@H]1C(=O)N(c3cccc(B(O)O)c3)C(=O)[C@H]12. The number of fused-ring (bicyclic) bond motifs is 3. The molecule has 2 amide bonds. The molecule has 47 heavy (non-hydrogen) atoms. The van der Waals surface area contributed by atoms with Gasteiger partial charge in [0.1, 0.15) is 18.1 Å². The molecule has 0 unspecified atom stereocenters. The van der Waals surface area contributed by atoms with Gasteiger partial charge in [-0.2, -0.15) is 0 Å². The lowest BCUT2D eigenvalue weighted by molar-refractivity contribution is -0.122. The number of aromatic hydroxyl groups is 1. The number of phenols is 1. The van der Waals surface area contributed by atoms with E-state index in [9.17, 15) is 29.8 Å². The third kappa shape index (κ3) is 7.09. The summed E-state index contributed by atoms with van der Waals surface area (Å²) in [6.07, 6.45) is 5.09. The van der Waals surface area contributed by atoms with Crippen molar-refractivity contribution in [2.24, 2.45) is 17.8 Å². The van der Waals surface area contributed by atoms with Crippen molar-refractivity contribution < 1.29 is 39.2 Å². The monoisotopic (exact) mass is 635 g/mol. The van der Waals surface area contributed by atoms with Gasteiger partial charge in [-0.1, -0.05) is 67.5 Å². The quantitative estimate of drug-likeness (QED) is 0.141. The molecular formula is C36H39B2NO8. The molecule has 2 saturated heterocycles. The summed E-state index contributed by atoms with van der Waals surface area (Å²) in [4.78, 5) is 29.3. The molecule has 4 atom stereocenters. The molecule has 0 radical (unpaired) electrons. The van der Waals surface area contributed by atoms with Crippen molar-refractivity contribution in [3.63, 3.8) is 0 Å². The molecule has 4 N–H and O–H groups in total. The molecule has 0 aromatic heterocycles. The Hall–Kier alpha value is -4.15. The predicted molar refractivity (Wildman–Crippen MR) is 181 cm³/mol. The normalized spacial score (nSPS) is 22.8. The molecule has 2 fully saturated rings. The van der Waals surface area contributed by atoms with Gasteiger partial charge in [-0.3, -0.25) is 14.5 Å². The van der Waals surface area contributed by atoms with Crippen molar-refractivity contribution in [3.8, 4) is 11.5 Å². The van der Waals surface area contributed by atoms with E-state index in [-0.39, 0.29) is 41.6 Å². The summed E-state index contributed by atoms with van der Waals surface area (Å²) in [5, 5.41) is 40.5. The van der Waals surface area contributed by atoms with E-state index in [0.717, 1.165) is 34.5 Å². The number of carbonyl (C=O) groups excluding carboxylic acids is 2. The van der Waals surface area contributed by atoms with Crippen LogP contribution in [-0.2, 0) is 14.2 Å². The smallest absolute Gasteiger partial charge is 0.488 e. The van der Waals surface area contributed by atoms with Crippen LogP contribution in [0.25, 0.3) is 6.08 Å². The van der Waals surface area contributed by atoms with Gasteiger partial charge in [-0.25, -0.2) is 0 Å². The first-order valence-electron chi connectivity index (χ1n) is 16.3. The average molecular weight is 635 g/mol. The van der Waals surface area contributed by atoms with Crippen LogP contribution in [0.5, 0.6) is 11.5 Å². The fourth-order valence-electron chi connectivity index (χ4n) is 7.42. The van der Waals surface area contributed by atoms with Crippen LogP contribution in [0.2, 0.25) is 6.32 Å². The largest absolute Gasteiger partial charge is 0.508 e. The fraction of sp³-hybridized carbons (Fsp3) is 0.333. The number of para-hydroxylation sites is 1. The van der Waals surface area contributed by atoms with Gasteiger partial charge in [0.15, 0.2) is 0 Å².